The normalized spacial score (nSPS) is 15.1. The Labute approximate surface area is 213 Å². The number of H-pyrrole nitrogens is 1. The predicted molar refractivity (Wildman–Crippen MR) is 140 cm³/mol. The van der Waals surface area contributed by atoms with E-state index < -0.39 is 11.9 Å². The van der Waals surface area contributed by atoms with Crippen molar-refractivity contribution in [3.8, 4) is 16.9 Å². The minimum absolute atomic E-state index is 0.211. The van der Waals surface area contributed by atoms with Gasteiger partial charge >= 0.3 is 5.97 Å². The minimum atomic E-state index is -0.574. The lowest BCUT2D eigenvalue weighted by molar-refractivity contribution is -0.122. The predicted octanol–water partition coefficient (Wildman–Crippen LogP) is 3.91. The van der Waals surface area contributed by atoms with Crippen molar-refractivity contribution in [2.24, 2.45) is 0 Å². The first-order valence-electron chi connectivity index (χ1n) is 12.1. The van der Waals surface area contributed by atoms with E-state index >= 15 is 0 Å². The van der Waals surface area contributed by atoms with E-state index in [4.69, 9.17) is 9.47 Å². The Morgan fingerprint density at radius 2 is 1.84 bits per heavy atom. The van der Waals surface area contributed by atoms with E-state index in [2.05, 4.69) is 21.6 Å². The maximum atomic E-state index is 13.0. The van der Waals surface area contributed by atoms with Crippen LogP contribution >= 0.6 is 0 Å². The maximum Gasteiger partial charge on any atom is 0.338 e. The van der Waals surface area contributed by atoms with Gasteiger partial charge in [-0.3, -0.25) is 9.59 Å². The van der Waals surface area contributed by atoms with Crippen LogP contribution in [0, 0.1) is 6.92 Å². The average Bonchev–Trinajstić information content (AvgIpc) is 3.33. The number of fused-ring (bicyclic) bond motifs is 2. The van der Waals surface area contributed by atoms with Gasteiger partial charge in [-0.15, -0.1) is 0 Å². The number of hydrogen-bond donors (Lipinski definition) is 2. The highest BCUT2D eigenvalue weighted by Crippen LogP contribution is 2.41. The van der Waals surface area contributed by atoms with Crippen molar-refractivity contribution in [1.29, 1.82) is 0 Å². The van der Waals surface area contributed by atoms with Crippen LogP contribution in [0.1, 0.15) is 40.0 Å². The number of amides is 1. The summed E-state index contributed by atoms with van der Waals surface area (Å²) in [7, 11) is 1.36. The van der Waals surface area contributed by atoms with Crippen molar-refractivity contribution in [2.75, 3.05) is 13.7 Å². The quantitative estimate of drug-likeness (QED) is 0.391. The molecule has 3 aromatic carbocycles. The fourth-order valence-electron chi connectivity index (χ4n) is 4.87. The van der Waals surface area contributed by atoms with Gasteiger partial charge in [-0.25, -0.2) is 9.89 Å². The summed E-state index contributed by atoms with van der Waals surface area (Å²) in [6, 6.07) is 18.5. The van der Waals surface area contributed by atoms with E-state index in [9.17, 15) is 14.4 Å². The van der Waals surface area contributed by atoms with Gasteiger partial charge in [-0.05, 0) is 48.7 Å². The number of nitrogens with one attached hydrogen (secondary N) is 2. The highest BCUT2D eigenvalue weighted by Gasteiger charge is 2.29. The molecule has 5 rings (SSSR count). The van der Waals surface area contributed by atoms with E-state index in [1.807, 2.05) is 31.2 Å². The summed E-state index contributed by atoms with van der Waals surface area (Å²) in [4.78, 5) is 37.5. The fraction of sp³-hybridized carbons (Fsp3) is 0.241. The number of ether oxygens (including phenoxy) is 2. The molecule has 1 aliphatic heterocycles. The molecular weight excluding hydrogens is 470 g/mol. The summed E-state index contributed by atoms with van der Waals surface area (Å²) in [5.74, 6) is -0.487. The average molecular weight is 498 g/mol. The number of carbonyl (C=O) groups excluding carboxylic acids is 2. The van der Waals surface area contributed by atoms with Gasteiger partial charge in [0.05, 0.1) is 36.2 Å². The van der Waals surface area contributed by atoms with E-state index in [0.29, 0.717) is 40.7 Å². The van der Waals surface area contributed by atoms with Gasteiger partial charge in [0.25, 0.3) is 5.56 Å². The minimum Gasteiger partial charge on any atom is -0.487 e. The molecule has 0 saturated carbocycles. The lowest BCUT2D eigenvalue weighted by atomic mass is 9.94. The number of nitrogens with zero attached hydrogens (tertiary/aromatic N) is 1. The molecule has 188 valence electrons. The number of aromatic amines is 1. The number of aryl methyl sites for hydroxylation is 1. The zero-order valence-corrected chi connectivity index (χ0v) is 20.8. The standard InChI is InChI=1S/C29H27N3O5/c1-16-12-18-14-19(37-26(18)24(13-16)20-8-4-7-11-23(20)29(35)36-3)15-30-27(33)17(2)25-21-9-5-6-10-22(21)28(34)32-31-25/h4-13,17,19H,14-15H2,1-3H3,(H,30,33)(H,32,34). The number of hydrogen-bond acceptors (Lipinski definition) is 6. The van der Waals surface area contributed by atoms with Crippen molar-refractivity contribution < 1.29 is 19.1 Å². The van der Waals surface area contributed by atoms with Gasteiger partial charge in [0, 0.05) is 17.4 Å². The number of esters is 1. The van der Waals surface area contributed by atoms with Crippen LogP contribution in [-0.4, -0.2) is 41.8 Å². The zero-order valence-electron chi connectivity index (χ0n) is 20.8. The molecule has 1 aromatic heterocycles. The van der Waals surface area contributed by atoms with Crippen LogP contribution in [0.5, 0.6) is 5.75 Å². The molecule has 8 nitrogen and oxygen atoms in total. The Kier molecular flexibility index (Phi) is 6.48. The van der Waals surface area contributed by atoms with Gasteiger partial charge < -0.3 is 14.8 Å². The van der Waals surface area contributed by atoms with Crippen LogP contribution in [0.3, 0.4) is 0 Å². The maximum absolute atomic E-state index is 13.0. The van der Waals surface area contributed by atoms with Crippen LogP contribution in [-0.2, 0) is 16.0 Å². The molecule has 0 bridgehead atoms. The Balaban J connectivity index is 1.34. The SMILES string of the molecule is COC(=O)c1ccccc1-c1cc(C)cc2c1OC(CNC(=O)C(C)c1n[nH]c(=O)c3ccccc13)C2. The molecule has 2 N–H and O–H groups in total. The first-order chi connectivity index (χ1) is 17.9. The van der Waals surface area contributed by atoms with Crippen molar-refractivity contribution in [3.63, 3.8) is 0 Å². The fourth-order valence-corrected chi connectivity index (χ4v) is 4.87. The molecule has 2 heterocycles. The molecule has 2 unspecified atom stereocenters. The molecule has 37 heavy (non-hydrogen) atoms. The van der Waals surface area contributed by atoms with Crippen molar-refractivity contribution in [2.45, 2.75) is 32.3 Å². The summed E-state index contributed by atoms with van der Waals surface area (Å²) < 4.78 is 11.3. The molecule has 0 spiro atoms. The molecule has 4 aromatic rings. The number of rotatable bonds is 6. The molecule has 0 aliphatic carbocycles. The second-order valence-electron chi connectivity index (χ2n) is 9.23. The van der Waals surface area contributed by atoms with Gasteiger partial charge in [0.1, 0.15) is 11.9 Å². The smallest absolute Gasteiger partial charge is 0.338 e. The van der Waals surface area contributed by atoms with Crippen molar-refractivity contribution in [1.82, 2.24) is 15.5 Å². The molecular formula is C29H27N3O5. The Hall–Kier alpha value is -4.46. The lowest BCUT2D eigenvalue weighted by Crippen LogP contribution is -2.37. The van der Waals surface area contributed by atoms with E-state index in [-0.39, 0.29) is 17.6 Å². The van der Waals surface area contributed by atoms with Crippen molar-refractivity contribution in [3.05, 3.63) is 93.4 Å². The van der Waals surface area contributed by atoms with Gasteiger partial charge in [-0.1, -0.05) is 42.5 Å². The summed E-state index contributed by atoms with van der Waals surface area (Å²) in [5, 5.41) is 10.8. The third-order valence-electron chi connectivity index (χ3n) is 6.70. The highest BCUT2D eigenvalue weighted by molar-refractivity contribution is 5.98. The monoisotopic (exact) mass is 497 g/mol. The summed E-state index contributed by atoms with van der Waals surface area (Å²) in [6.45, 7) is 4.07. The van der Waals surface area contributed by atoms with Crippen LogP contribution in [0.4, 0.5) is 0 Å². The van der Waals surface area contributed by atoms with Crippen molar-refractivity contribution >= 4 is 22.6 Å². The number of methoxy groups -OCH3 is 1. The second kappa shape index (κ2) is 9.89. The van der Waals surface area contributed by atoms with Crippen LogP contribution in [0.15, 0.2) is 65.5 Å². The van der Waals surface area contributed by atoms with Crippen LogP contribution in [0.25, 0.3) is 21.9 Å². The van der Waals surface area contributed by atoms with E-state index in [1.165, 1.54) is 7.11 Å². The number of aromatic nitrogens is 2. The molecule has 0 radical (unpaired) electrons. The van der Waals surface area contributed by atoms with Crippen LogP contribution < -0.4 is 15.6 Å². The zero-order chi connectivity index (χ0) is 26.1. The second-order valence-corrected chi connectivity index (χ2v) is 9.23. The number of carbonyl (C=O) groups is 2. The third kappa shape index (κ3) is 4.58. The first kappa shape index (κ1) is 24.2. The summed E-state index contributed by atoms with van der Waals surface area (Å²) in [6.07, 6.45) is 0.357. The van der Waals surface area contributed by atoms with E-state index in [1.54, 1.807) is 37.3 Å². The topological polar surface area (TPSA) is 110 Å². The molecule has 0 saturated heterocycles. The largest absolute Gasteiger partial charge is 0.487 e. The molecule has 1 aliphatic rings. The summed E-state index contributed by atoms with van der Waals surface area (Å²) >= 11 is 0. The van der Waals surface area contributed by atoms with Crippen LogP contribution in [0.2, 0.25) is 0 Å². The third-order valence-corrected chi connectivity index (χ3v) is 6.70. The van der Waals surface area contributed by atoms with Gasteiger partial charge in [0.15, 0.2) is 0 Å². The Morgan fingerprint density at radius 3 is 2.62 bits per heavy atom. The van der Waals surface area contributed by atoms with E-state index in [0.717, 1.165) is 22.3 Å². The molecule has 1 amide bonds. The molecule has 0 fully saturated rings. The highest BCUT2D eigenvalue weighted by atomic mass is 16.5. The molecule has 2 atom stereocenters. The van der Waals surface area contributed by atoms with Gasteiger partial charge in [0.2, 0.25) is 5.91 Å². The number of benzene rings is 3. The Bertz CT molecular complexity index is 1580. The first-order valence-corrected chi connectivity index (χ1v) is 12.1. The summed E-state index contributed by atoms with van der Waals surface area (Å²) in [5.41, 5.74) is 4.32. The lowest BCUT2D eigenvalue weighted by Gasteiger charge is -2.17. The Morgan fingerprint density at radius 1 is 1.11 bits per heavy atom. The molecule has 8 heteroatoms. The van der Waals surface area contributed by atoms with Gasteiger partial charge in [-0.2, -0.15) is 5.10 Å².